The van der Waals surface area contributed by atoms with E-state index in [9.17, 15) is 9.59 Å². The first-order chi connectivity index (χ1) is 6.87. The van der Waals surface area contributed by atoms with Gasteiger partial charge in [0.2, 0.25) is 0 Å². The lowest BCUT2D eigenvalue weighted by Crippen LogP contribution is -2.38. The van der Waals surface area contributed by atoms with Gasteiger partial charge in [0.1, 0.15) is 11.4 Å². The minimum absolute atomic E-state index is 0.132. The summed E-state index contributed by atoms with van der Waals surface area (Å²) >= 11 is 0. The van der Waals surface area contributed by atoms with Crippen molar-refractivity contribution < 1.29 is 14.3 Å². The first kappa shape index (κ1) is 10.5. The Kier molecular flexibility index (Phi) is 2.24. The molecule has 15 heavy (non-hydrogen) atoms. The Morgan fingerprint density at radius 2 is 1.87 bits per heavy atom. The molecule has 0 aromatic rings. The van der Waals surface area contributed by atoms with E-state index < -0.39 is 5.60 Å². The van der Waals surface area contributed by atoms with E-state index >= 15 is 0 Å². The van der Waals surface area contributed by atoms with Crippen molar-refractivity contribution in [2.75, 3.05) is 0 Å². The van der Waals surface area contributed by atoms with Crippen LogP contribution in [-0.2, 0) is 9.53 Å². The summed E-state index contributed by atoms with van der Waals surface area (Å²) in [5, 5.41) is 2.80. The van der Waals surface area contributed by atoms with Crippen LogP contribution in [0.15, 0.2) is 0 Å². The Hall–Kier alpha value is -1.06. The third kappa shape index (κ3) is 2.30. The molecule has 1 amide bonds. The van der Waals surface area contributed by atoms with Crippen molar-refractivity contribution in [1.82, 2.24) is 5.32 Å². The molecule has 2 rings (SSSR count). The molecule has 84 valence electrons. The van der Waals surface area contributed by atoms with Crippen molar-refractivity contribution in [3.63, 3.8) is 0 Å². The normalized spacial score (nSPS) is 33.5. The highest BCUT2D eigenvalue weighted by Gasteiger charge is 2.55. The number of carbonyl (C=O) groups excluding carboxylic acids is 2. The highest BCUT2D eigenvalue weighted by atomic mass is 16.6. The molecule has 0 bridgehead atoms. The second kappa shape index (κ2) is 3.22. The summed E-state index contributed by atoms with van der Waals surface area (Å²) in [6.07, 6.45) is 1.21. The lowest BCUT2D eigenvalue weighted by molar-refractivity contribution is -0.112. The number of carbonyl (C=O) groups is 2. The van der Waals surface area contributed by atoms with Crippen molar-refractivity contribution in [3.8, 4) is 0 Å². The van der Waals surface area contributed by atoms with Crippen molar-refractivity contribution in [2.45, 2.75) is 45.3 Å². The fourth-order valence-electron chi connectivity index (χ4n) is 2.21. The SMILES string of the molecule is CC(C)(C)OC(=O)NC1CC2C(=O)C2C1. The number of hydrogen-bond acceptors (Lipinski definition) is 3. The smallest absolute Gasteiger partial charge is 0.407 e. The van der Waals surface area contributed by atoms with Gasteiger partial charge in [-0.3, -0.25) is 4.79 Å². The van der Waals surface area contributed by atoms with Crippen LogP contribution >= 0.6 is 0 Å². The van der Waals surface area contributed by atoms with E-state index in [2.05, 4.69) is 5.32 Å². The van der Waals surface area contributed by atoms with Gasteiger partial charge in [-0.25, -0.2) is 4.79 Å². The van der Waals surface area contributed by atoms with E-state index in [1.165, 1.54) is 0 Å². The van der Waals surface area contributed by atoms with Crippen LogP contribution in [0.2, 0.25) is 0 Å². The predicted octanol–water partition coefficient (Wildman–Crippen LogP) is 1.49. The Labute approximate surface area is 89.4 Å². The second-order valence-electron chi connectivity index (χ2n) is 5.43. The maximum absolute atomic E-state index is 11.4. The molecule has 2 atom stereocenters. The molecule has 2 fully saturated rings. The van der Waals surface area contributed by atoms with Gasteiger partial charge in [-0.15, -0.1) is 0 Å². The third-order valence-electron chi connectivity index (χ3n) is 2.91. The molecule has 2 aliphatic carbocycles. The minimum Gasteiger partial charge on any atom is -0.444 e. The van der Waals surface area contributed by atoms with Crippen LogP contribution in [-0.4, -0.2) is 23.5 Å². The number of alkyl carbamates (subject to hydrolysis) is 1. The molecule has 0 radical (unpaired) electrons. The van der Waals surface area contributed by atoms with Crippen molar-refractivity contribution >= 4 is 11.9 Å². The molecule has 0 heterocycles. The van der Waals surface area contributed by atoms with Crippen LogP contribution in [0.4, 0.5) is 4.79 Å². The van der Waals surface area contributed by atoms with Crippen LogP contribution in [0, 0.1) is 11.8 Å². The highest BCUT2D eigenvalue weighted by Crippen LogP contribution is 2.47. The van der Waals surface area contributed by atoms with Crippen LogP contribution in [0.1, 0.15) is 33.6 Å². The standard InChI is InChI=1S/C11H17NO3/c1-11(2,3)15-10(14)12-6-4-7-8(5-6)9(7)13/h6-8H,4-5H2,1-3H3,(H,12,14). The van der Waals surface area contributed by atoms with Crippen molar-refractivity contribution in [2.24, 2.45) is 11.8 Å². The molecule has 2 unspecified atom stereocenters. The van der Waals surface area contributed by atoms with Gasteiger partial charge in [-0.05, 0) is 33.6 Å². The van der Waals surface area contributed by atoms with Crippen LogP contribution in [0.5, 0.6) is 0 Å². The van der Waals surface area contributed by atoms with E-state index in [0.29, 0.717) is 5.78 Å². The third-order valence-corrected chi connectivity index (χ3v) is 2.91. The average Bonchev–Trinajstić information content (AvgIpc) is 2.54. The topological polar surface area (TPSA) is 55.4 Å². The first-order valence-corrected chi connectivity index (χ1v) is 5.40. The molecule has 4 heteroatoms. The molecular weight excluding hydrogens is 194 g/mol. The number of nitrogens with one attached hydrogen (secondary N) is 1. The van der Waals surface area contributed by atoms with Crippen LogP contribution in [0.25, 0.3) is 0 Å². The number of Topliss-reactive ketones (excluding diaryl/α,β-unsaturated/α-hetero) is 1. The summed E-state index contributed by atoms with van der Waals surface area (Å²) in [5.74, 6) is 0.826. The van der Waals surface area contributed by atoms with Gasteiger partial charge in [0.05, 0.1) is 0 Å². The summed E-state index contributed by atoms with van der Waals surface area (Å²) < 4.78 is 5.14. The van der Waals surface area contributed by atoms with Gasteiger partial charge < -0.3 is 10.1 Å². The van der Waals surface area contributed by atoms with Crippen molar-refractivity contribution in [3.05, 3.63) is 0 Å². The molecule has 0 aromatic carbocycles. The van der Waals surface area contributed by atoms with Crippen LogP contribution in [0.3, 0.4) is 0 Å². The summed E-state index contributed by atoms with van der Waals surface area (Å²) in [4.78, 5) is 22.4. The fraction of sp³-hybridized carbons (Fsp3) is 0.818. The lowest BCUT2D eigenvalue weighted by atomic mass is 10.1. The van der Waals surface area contributed by atoms with E-state index in [4.69, 9.17) is 4.74 Å². The largest absolute Gasteiger partial charge is 0.444 e. The fourth-order valence-corrected chi connectivity index (χ4v) is 2.21. The monoisotopic (exact) mass is 211 g/mol. The lowest BCUT2D eigenvalue weighted by Gasteiger charge is -2.22. The van der Waals surface area contributed by atoms with Crippen LogP contribution < -0.4 is 5.32 Å². The van der Waals surface area contributed by atoms with Gasteiger partial charge >= 0.3 is 6.09 Å². The molecule has 2 saturated carbocycles. The molecular formula is C11H17NO3. The molecule has 2 aliphatic rings. The zero-order valence-electron chi connectivity index (χ0n) is 9.37. The number of rotatable bonds is 1. The first-order valence-electron chi connectivity index (χ1n) is 5.40. The maximum atomic E-state index is 11.4. The Bertz CT molecular complexity index is 291. The van der Waals surface area contributed by atoms with E-state index in [1.807, 2.05) is 20.8 Å². The van der Waals surface area contributed by atoms with Gasteiger partial charge in [-0.2, -0.15) is 0 Å². The summed E-state index contributed by atoms with van der Waals surface area (Å²) in [6, 6.07) is 0.132. The van der Waals surface area contributed by atoms with Crippen molar-refractivity contribution in [1.29, 1.82) is 0 Å². The summed E-state index contributed by atoms with van der Waals surface area (Å²) in [7, 11) is 0. The van der Waals surface area contributed by atoms with E-state index in [1.54, 1.807) is 0 Å². The molecule has 1 N–H and O–H groups in total. The average molecular weight is 211 g/mol. The molecule has 0 aliphatic heterocycles. The number of amides is 1. The summed E-state index contributed by atoms with van der Waals surface area (Å²) in [6.45, 7) is 5.51. The number of hydrogen-bond donors (Lipinski definition) is 1. The predicted molar refractivity (Wildman–Crippen MR) is 54.4 cm³/mol. The zero-order chi connectivity index (χ0) is 11.2. The van der Waals surface area contributed by atoms with Gasteiger partial charge in [0, 0.05) is 17.9 Å². The Morgan fingerprint density at radius 1 is 1.33 bits per heavy atom. The second-order valence-corrected chi connectivity index (χ2v) is 5.43. The number of fused-ring (bicyclic) bond motifs is 1. The molecule has 0 aromatic heterocycles. The molecule has 0 spiro atoms. The minimum atomic E-state index is -0.457. The van der Waals surface area contributed by atoms with Gasteiger partial charge in [0.15, 0.2) is 0 Å². The zero-order valence-corrected chi connectivity index (χ0v) is 9.37. The van der Waals surface area contributed by atoms with E-state index in [-0.39, 0.29) is 24.0 Å². The number of ketones is 1. The van der Waals surface area contributed by atoms with Gasteiger partial charge in [-0.1, -0.05) is 0 Å². The Balaban J connectivity index is 1.75. The quantitative estimate of drug-likeness (QED) is 0.715. The Morgan fingerprint density at radius 3 is 2.33 bits per heavy atom. The molecule has 4 nitrogen and oxygen atoms in total. The maximum Gasteiger partial charge on any atom is 0.407 e. The van der Waals surface area contributed by atoms with Gasteiger partial charge in [0.25, 0.3) is 0 Å². The van der Waals surface area contributed by atoms with E-state index in [0.717, 1.165) is 12.8 Å². The molecule has 0 saturated heterocycles. The number of ether oxygens (including phenoxy) is 1. The summed E-state index contributed by atoms with van der Waals surface area (Å²) in [5.41, 5.74) is -0.457. The highest BCUT2D eigenvalue weighted by molar-refractivity contribution is 6.00.